The van der Waals surface area contributed by atoms with E-state index in [1.54, 1.807) is 36.5 Å². The van der Waals surface area contributed by atoms with Crippen molar-refractivity contribution in [2.75, 3.05) is 11.9 Å². The van der Waals surface area contributed by atoms with Gasteiger partial charge >= 0.3 is 0 Å². The lowest BCUT2D eigenvalue weighted by atomic mass is 10.1. The Bertz CT molecular complexity index is 915. The molecule has 4 nitrogen and oxygen atoms in total. The highest BCUT2D eigenvalue weighted by Crippen LogP contribution is 2.15. The molecule has 0 aliphatic heterocycles. The molecule has 6 heteroatoms. The van der Waals surface area contributed by atoms with Gasteiger partial charge in [-0.15, -0.1) is 0 Å². The number of nitrogens with one attached hydrogen (secondary N) is 2. The van der Waals surface area contributed by atoms with E-state index in [2.05, 4.69) is 15.6 Å². The number of amides is 1. The zero-order valence-electron chi connectivity index (χ0n) is 14.6. The fraction of sp³-hybridized carbons (Fsp3) is 0.143. The maximum atomic E-state index is 12.9. The minimum absolute atomic E-state index is 0.195. The molecule has 0 saturated carbocycles. The van der Waals surface area contributed by atoms with E-state index in [0.29, 0.717) is 29.5 Å². The fourth-order valence-electron chi connectivity index (χ4n) is 2.57. The second-order valence-corrected chi connectivity index (χ2v) is 6.41. The summed E-state index contributed by atoms with van der Waals surface area (Å²) in [5.74, 6) is 0.172. The molecular formula is C21H19ClFN3O. The van der Waals surface area contributed by atoms with Gasteiger partial charge < -0.3 is 10.6 Å². The standard InChI is InChI=1S/C21H19ClFN3O/c22-19-4-2-1-3-17(19)14-26-21(27)16-10-12-25-20(13-16)24-11-9-15-5-7-18(23)8-6-15/h1-8,10,12-13H,9,11,14H2,(H,24,25)(H,26,27). The zero-order valence-corrected chi connectivity index (χ0v) is 15.3. The summed E-state index contributed by atoms with van der Waals surface area (Å²) in [6, 6.07) is 17.1. The zero-order chi connectivity index (χ0) is 19.1. The molecule has 3 aromatic rings. The van der Waals surface area contributed by atoms with Crippen molar-refractivity contribution in [3.05, 3.63) is 94.4 Å². The third-order valence-corrected chi connectivity index (χ3v) is 4.42. The van der Waals surface area contributed by atoms with Crippen molar-refractivity contribution in [2.45, 2.75) is 13.0 Å². The molecule has 0 unspecified atom stereocenters. The number of anilines is 1. The molecule has 0 aliphatic rings. The van der Waals surface area contributed by atoms with Crippen molar-refractivity contribution in [1.82, 2.24) is 10.3 Å². The molecule has 138 valence electrons. The molecule has 1 amide bonds. The van der Waals surface area contributed by atoms with Gasteiger partial charge in [0.1, 0.15) is 11.6 Å². The van der Waals surface area contributed by atoms with Gasteiger partial charge in [0.25, 0.3) is 5.91 Å². The van der Waals surface area contributed by atoms with Crippen molar-refractivity contribution in [2.24, 2.45) is 0 Å². The van der Waals surface area contributed by atoms with Crippen LogP contribution in [0.4, 0.5) is 10.2 Å². The highest BCUT2D eigenvalue weighted by Gasteiger charge is 2.08. The number of halogens is 2. The van der Waals surface area contributed by atoms with Crippen LogP contribution in [-0.4, -0.2) is 17.4 Å². The normalized spacial score (nSPS) is 10.4. The van der Waals surface area contributed by atoms with Crippen LogP contribution in [0, 0.1) is 5.82 Å². The van der Waals surface area contributed by atoms with Gasteiger partial charge in [-0.05, 0) is 47.9 Å². The first-order valence-electron chi connectivity index (χ1n) is 8.58. The van der Waals surface area contributed by atoms with Crippen LogP contribution in [0.2, 0.25) is 5.02 Å². The Hall–Kier alpha value is -2.92. The van der Waals surface area contributed by atoms with Crippen molar-refractivity contribution < 1.29 is 9.18 Å². The summed E-state index contributed by atoms with van der Waals surface area (Å²) in [6.45, 7) is 0.984. The number of carbonyl (C=O) groups excluding carboxylic acids is 1. The van der Waals surface area contributed by atoms with Gasteiger partial charge in [0.15, 0.2) is 0 Å². The average Bonchev–Trinajstić information content (AvgIpc) is 2.69. The monoisotopic (exact) mass is 383 g/mol. The molecular weight excluding hydrogens is 365 g/mol. The van der Waals surface area contributed by atoms with Gasteiger partial charge in [0.2, 0.25) is 0 Å². The first-order valence-corrected chi connectivity index (χ1v) is 8.95. The fourth-order valence-corrected chi connectivity index (χ4v) is 2.78. The van der Waals surface area contributed by atoms with Crippen LogP contribution in [0.1, 0.15) is 21.5 Å². The predicted molar refractivity (Wildman–Crippen MR) is 105 cm³/mol. The van der Waals surface area contributed by atoms with Crippen molar-refractivity contribution in [3.8, 4) is 0 Å². The second kappa shape index (κ2) is 9.14. The number of rotatable bonds is 7. The summed E-state index contributed by atoms with van der Waals surface area (Å²) in [7, 11) is 0. The summed E-state index contributed by atoms with van der Waals surface area (Å²) in [4.78, 5) is 16.6. The smallest absolute Gasteiger partial charge is 0.251 e. The molecule has 0 fully saturated rings. The topological polar surface area (TPSA) is 54.0 Å². The third kappa shape index (κ3) is 5.53. The summed E-state index contributed by atoms with van der Waals surface area (Å²) in [5, 5.41) is 6.66. The predicted octanol–water partition coefficient (Wildman–Crippen LogP) is 4.46. The lowest BCUT2D eigenvalue weighted by Gasteiger charge is -2.09. The molecule has 0 spiro atoms. The van der Waals surface area contributed by atoms with Crippen LogP contribution in [0.5, 0.6) is 0 Å². The average molecular weight is 384 g/mol. The van der Waals surface area contributed by atoms with E-state index in [9.17, 15) is 9.18 Å². The van der Waals surface area contributed by atoms with Crippen molar-refractivity contribution in [1.29, 1.82) is 0 Å². The number of benzene rings is 2. The Kier molecular flexibility index (Phi) is 6.39. The number of hydrogen-bond acceptors (Lipinski definition) is 3. The van der Waals surface area contributed by atoms with E-state index in [1.807, 2.05) is 18.2 Å². The van der Waals surface area contributed by atoms with Crippen LogP contribution in [0.25, 0.3) is 0 Å². The molecule has 2 N–H and O–H groups in total. The molecule has 0 saturated heterocycles. The Balaban J connectivity index is 1.53. The minimum atomic E-state index is -0.246. The van der Waals surface area contributed by atoms with Crippen LogP contribution >= 0.6 is 11.6 Å². The summed E-state index contributed by atoms with van der Waals surface area (Å²) in [5.41, 5.74) is 2.40. The highest BCUT2D eigenvalue weighted by atomic mass is 35.5. The Morgan fingerprint density at radius 2 is 1.85 bits per heavy atom. The Morgan fingerprint density at radius 3 is 2.63 bits per heavy atom. The Morgan fingerprint density at radius 1 is 1.07 bits per heavy atom. The number of pyridine rings is 1. The first kappa shape index (κ1) is 18.9. The number of carbonyl (C=O) groups is 1. The molecule has 0 aliphatic carbocycles. The van der Waals surface area contributed by atoms with Crippen LogP contribution in [0.15, 0.2) is 66.9 Å². The van der Waals surface area contributed by atoms with Crippen LogP contribution in [-0.2, 0) is 13.0 Å². The van der Waals surface area contributed by atoms with E-state index in [0.717, 1.165) is 17.5 Å². The number of nitrogens with zero attached hydrogens (tertiary/aromatic N) is 1. The van der Waals surface area contributed by atoms with Gasteiger partial charge in [-0.1, -0.05) is 41.9 Å². The quantitative estimate of drug-likeness (QED) is 0.633. The van der Waals surface area contributed by atoms with E-state index < -0.39 is 0 Å². The molecule has 1 aromatic heterocycles. The largest absolute Gasteiger partial charge is 0.370 e. The molecule has 0 bridgehead atoms. The van der Waals surface area contributed by atoms with E-state index in [-0.39, 0.29) is 11.7 Å². The van der Waals surface area contributed by atoms with E-state index in [4.69, 9.17) is 11.6 Å². The van der Waals surface area contributed by atoms with E-state index in [1.165, 1.54) is 12.1 Å². The number of hydrogen-bond donors (Lipinski definition) is 2. The van der Waals surface area contributed by atoms with Gasteiger partial charge in [0.05, 0.1) is 0 Å². The van der Waals surface area contributed by atoms with Gasteiger partial charge in [-0.25, -0.2) is 9.37 Å². The molecule has 3 rings (SSSR count). The lowest BCUT2D eigenvalue weighted by molar-refractivity contribution is 0.0951. The lowest BCUT2D eigenvalue weighted by Crippen LogP contribution is -2.23. The Labute approximate surface area is 162 Å². The third-order valence-electron chi connectivity index (χ3n) is 4.05. The SMILES string of the molecule is O=C(NCc1ccccc1Cl)c1ccnc(NCCc2ccc(F)cc2)c1. The maximum absolute atomic E-state index is 12.9. The van der Waals surface area contributed by atoms with E-state index >= 15 is 0 Å². The molecule has 0 atom stereocenters. The highest BCUT2D eigenvalue weighted by molar-refractivity contribution is 6.31. The van der Waals surface area contributed by atoms with Crippen molar-refractivity contribution >= 4 is 23.3 Å². The summed E-state index contributed by atoms with van der Waals surface area (Å²) >= 11 is 6.10. The van der Waals surface area contributed by atoms with Gasteiger partial charge in [0, 0.05) is 29.9 Å². The van der Waals surface area contributed by atoms with Crippen molar-refractivity contribution in [3.63, 3.8) is 0 Å². The first-order chi connectivity index (χ1) is 13.1. The molecule has 1 heterocycles. The number of aromatic nitrogens is 1. The molecule has 27 heavy (non-hydrogen) atoms. The molecule has 2 aromatic carbocycles. The summed E-state index contributed by atoms with van der Waals surface area (Å²) in [6.07, 6.45) is 2.32. The van der Waals surface area contributed by atoms with Gasteiger partial charge in [-0.2, -0.15) is 0 Å². The van der Waals surface area contributed by atoms with Crippen LogP contribution in [0.3, 0.4) is 0 Å². The second-order valence-electron chi connectivity index (χ2n) is 6.01. The summed E-state index contributed by atoms with van der Waals surface area (Å²) < 4.78 is 12.9. The van der Waals surface area contributed by atoms with Gasteiger partial charge in [-0.3, -0.25) is 4.79 Å². The maximum Gasteiger partial charge on any atom is 0.251 e. The molecule has 0 radical (unpaired) electrons. The van der Waals surface area contributed by atoms with Crippen LogP contribution < -0.4 is 10.6 Å². The minimum Gasteiger partial charge on any atom is -0.370 e.